The molecule has 0 saturated heterocycles. The standard InChI is InChI=1S/C10H9BrClF3S/c1-6(5-12)16-9-3-2-7(4-8(9)11)10(13,14)15/h2-4,6H,5H2,1H3. The third-order valence-electron chi connectivity index (χ3n) is 1.80. The molecule has 0 saturated carbocycles. The molecule has 0 fully saturated rings. The van der Waals surface area contributed by atoms with Crippen LogP contribution in [-0.4, -0.2) is 11.1 Å². The summed E-state index contributed by atoms with van der Waals surface area (Å²) in [6, 6.07) is 3.62. The van der Waals surface area contributed by atoms with Gasteiger partial charge in [0.1, 0.15) is 0 Å². The van der Waals surface area contributed by atoms with Crippen molar-refractivity contribution < 1.29 is 13.2 Å². The second kappa shape index (κ2) is 5.65. The predicted octanol–water partition coefficient (Wildman–Crippen LogP) is 5.19. The molecule has 0 radical (unpaired) electrons. The second-order valence-corrected chi connectivity index (χ2v) is 5.87. The third kappa shape index (κ3) is 3.86. The minimum Gasteiger partial charge on any atom is -0.166 e. The fraction of sp³-hybridized carbons (Fsp3) is 0.400. The molecule has 0 N–H and O–H groups in total. The van der Waals surface area contributed by atoms with Gasteiger partial charge < -0.3 is 0 Å². The number of hydrogen-bond acceptors (Lipinski definition) is 1. The molecule has 1 unspecified atom stereocenters. The summed E-state index contributed by atoms with van der Waals surface area (Å²) >= 11 is 10.2. The van der Waals surface area contributed by atoms with Crippen LogP contribution in [0.25, 0.3) is 0 Å². The lowest BCUT2D eigenvalue weighted by Crippen LogP contribution is -2.05. The fourth-order valence-corrected chi connectivity index (χ4v) is 2.68. The molecule has 90 valence electrons. The van der Waals surface area contributed by atoms with E-state index in [2.05, 4.69) is 15.9 Å². The topological polar surface area (TPSA) is 0 Å². The van der Waals surface area contributed by atoms with Crippen molar-refractivity contribution >= 4 is 39.3 Å². The van der Waals surface area contributed by atoms with Gasteiger partial charge in [0, 0.05) is 20.5 Å². The maximum atomic E-state index is 12.4. The average Bonchev–Trinajstić information content (AvgIpc) is 2.19. The minimum absolute atomic E-state index is 0.162. The molecule has 1 rings (SSSR count). The van der Waals surface area contributed by atoms with Gasteiger partial charge >= 0.3 is 6.18 Å². The Bertz CT molecular complexity index is 368. The molecule has 0 nitrogen and oxygen atoms in total. The molecule has 0 aliphatic carbocycles. The van der Waals surface area contributed by atoms with Crippen molar-refractivity contribution in [1.29, 1.82) is 0 Å². The van der Waals surface area contributed by atoms with Crippen LogP contribution in [0, 0.1) is 0 Å². The molecule has 0 spiro atoms. The molecule has 0 aromatic heterocycles. The highest BCUT2D eigenvalue weighted by Crippen LogP contribution is 2.36. The molecule has 1 aromatic rings. The number of thioether (sulfide) groups is 1. The van der Waals surface area contributed by atoms with Gasteiger partial charge in [-0.2, -0.15) is 13.2 Å². The quantitative estimate of drug-likeness (QED) is 0.542. The van der Waals surface area contributed by atoms with E-state index in [1.54, 1.807) is 0 Å². The SMILES string of the molecule is CC(CCl)Sc1ccc(C(F)(F)F)cc1Br. The molecule has 1 aromatic carbocycles. The molecular weight excluding hydrogens is 325 g/mol. The van der Waals surface area contributed by atoms with Gasteiger partial charge in [0.25, 0.3) is 0 Å². The summed E-state index contributed by atoms with van der Waals surface area (Å²) in [5, 5.41) is 0.162. The highest BCUT2D eigenvalue weighted by Gasteiger charge is 2.30. The van der Waals surface area contributed by atoms with Crippen LogP contribution in [0.4, 0.5) is 13.2 Å². The molecule has 0 aliphatic heterocycles. The Hall–Kier alpha value is 0.130. The van der Waals surface area contributed by atoms with Gasteiger partial charge in [-0.1, -0.05) is 6.92 Å². The van der Waals surface area contributed by atoms with Crippen LogP contribution in [0.15, 0.2) is 27.6 Å². The molecular formula is C10H9BrClF3S. The van der Waals surface area contributed by atoms with E-state index in [0.717, 1.165) is 17.0 Å². The first-order chi connectivity index (χ1) is 7.34. The van der Waals surface area contributed by atoms with Crippen molar-refractivity contribution in [3.8, 4) is 0 Å². The Morgan fingerprint density at radius 3 is 2.50 bits per heavy atom. The minimum atomic E-state index is -4.30. The Labute approximate surface area is 110 Å². The zero-order valence-corrected chi connectivity index (χ0v) is 11.5. The van der Waals surface area contributed by atoms with Crippen molar-refractivity contribution in [2.75, 3.05) is 5.88 Å². The van der Waals surface area contributed by atoms with Gasteiger partial charge in [-0.25, -0.2) is 0 Å². The summed E-state index contributed by atoms with van der Waals surface area (Å²) in [6.07, 6.45) is -4.30. The Morgan fingerprint density at radius 2 is 2.06 bits per heavy atom. The largest absolute Gasteiger partial charge is 0.416 e. The molecule has 0 heterocycles. The van der Waals surface area contributed by atoms with Crippen molar-refractivity contribution in [3.05, 3.63) is 28.2 Å². The highest BCUT2D eigenvalue weighted by atomic mass is 79.9. The summed E-state index contributed by atoms with van der Waals surface area (Å²) in [4.78, 5) is 0.765. The summed E-state index contributed by atoms with van der Waals surface area (Å²) in [5.41, 5.74) is -0.651. The second-order valence-electron chi connectivity index (χ2n) is 3.23. The Balaban J connectivity index is 2.92. The molecule has 16 heavy (non-hydrogen) atoms. The summed E-state index contributed by atoms with van der Waals surface area (Å²) in [5.74, 6) is 0.456. The normalized spacial score (nSPS) is 13.9. The van der Waals surface area contributed by atoms with Crippen LogP contribution in [0.1, 0.15) is 12.5 Å². The van der Waals surface area contributed by atoms with E-state index in [4.69, 9.17) is 11.6 Å². The molecule has 0 amide bonds. The molecule has 1 atom stereocenters. The van der Waals surface area contributed by atoms with Gasteiger partial charge in [0.05, 0.1) is 5.56 Å². The van der Waals surface area contributed by atoms with E-state index in [9.17, 15) is 13.2 Å². The lowest BCUT2D eigenvalue weighted by Gasteiger charge is -2.12. The van der Waals surface area contributed by atoms with Crippen molar-refractivity contribution in [2.45, 2.75) is 23.2 Å². The maximum absolute atomic E-state index is 12.4. The van der Waals surface area contributed by atoms with Crippen LogP contribution in [0.2, 0.25) is 0 Å². The highest BCUT2D eigenvalue weighted by molar-refractivity contribution is 9.10. The number of rotatable bonds is 3. The van der Waals surface area contributed by atoms with Crippen LogP contribution in [-0.2, 0) is 6.18 Å². The van der Waals surface area contributed by atoms with E-state index in [-0.39, 0.29) is 5.25 Å². The zero-order valence-electron chi connectivity index (χ0n) is 8.31. The number of alkyl halides is 4. The van der Waals surface area contributed by atoms with Crippen LogP contribution < -0.4 is 0 Å². The Kier molecular flexibility index (Phi) is 5.01. The van der Waals surface area contributed by atoms with Gasteiger partial charge in [0.15, 0.2) is 0 Å². The van der Waals surface area contributed by atoms with E-state index in [0.29, 0.717) is 10.4 Å². The van der Waals surface area contributed by atoms with Crippen LogP contribution >= 0.6 is 39.3 Å². The van der Waals surface area contributed by atoms with Gasteiger partial charge in [-0.15, -0.1) is 23.4 Å². The lowest BCUT2D eigenvalue weighted by molar-refractivity contribution is -0.137. The van der Waals surface area contributed by atoms with E-state index >= 15 is 0 Å². The first-order valence-electron chi connectivity index (χ1n) is 4.44. The predicted molar refractivity (Wildman–Crippen MR) is 65.2 cm³/mol. The number of hydrogen-bond donors (Lipinski definition) is 0. The summed E-state index contributed by atoms with van der Waals surface area (Å²) < 4.78 is 37.6. The Morgan fingerprint density at radius 1 is 1.44 bits per heavy atom. The molecule has 0 aliphatic rings. The summed E-state index contributed by atoms with van der Waals surface area (Å²) in [6.45, 7) is 1.92. The van der Waals surface area contributed by atoms with E-state index in [1.807, 2.05) is 6.92 Å². The first kappa shape index (κ1) is 14.2. The number of halogens is 5. The van der Waals surface area contributed by atoms with E-state index < -0.39 is 11.7 Å². The van der Waals surface area contributed by atoms with Crippen molar-refractivity contribution in [3.63, 3.8) is 0 Å². The smallest absolute Gasteiger partial charge is 0.166 e. The van der Waals surface area contributed by atoms with E-state index in [1.165, 1.54) is 17.8 Å². The van der Waals surface area contributed by atoms with Crippen molar-refractivity contribution in [2.24, 2.45) is 0 Å². The fourth-order valence-electron chi connectivity index (χ4n) is 1.02. The first-order valence-corrected chi connectivity index (χ1v) is 6.64. The third-order valence-corrected chi connectivity index (χ3v) is 4.55. The van der Waals surface area contributed by atoms with Crippen molar-refractivity contribution in [1.82, 2.24) is 0 Å². The molecule has 0 bridgehead atoms. The van der Waals surface area contributed by atoms with Crippen LogP contribution in [0.5, 0.6) is 0 Å². The maximum Gasteiger partial charge on any atom is 0.416 e. The monoisotopic (exact) mass is 332 g/mol. The average molecular weight is 334 g/mol. The van der Waals surface area contributed by atoms with Gasteiger partial charge in [-0.05, 0) is 34.1 Å². The zero-order chi connectivity index (χ0) is 12.3. The molecule has 6 heteroatoms. The number of benzene rings is 1. The van der Waals surface area contributed by atoms with Crippen LogP contribution in [0.3, 0.4) is 0 Å². The van der Waals surface area contributed by atoms with Gasteiger partial charge in [-0.3, -0.25) is 0 Å². The summed E-state index contributed by atoms with van der Waals surface area (Å²) in [7, 11) is 0. The van der Waals surface area contributed by atoms with Gasteiger partial charge in [0.2, 0.25) is 0 Å². The lowest BCUT2D eigenvalue weighted by atomic mass is 10.2.